The predicted molar refractivity (Wildman–Crippen MR) is 41.4 cm³/mol. The van der Waals surface area contributed by atoms with Gasteiger partial charge in [-0.2, -0.15) is 0 Å². The van der Waals surface area contributed by atoms with E-state index in [1.807, 2.05) is 6.92 Å². The van der Waals surface area contributed by atoms with Crippen molar-refractivity contribution in [3.05, 3.63) is 0 Å². The van der Waals surface area contributed by atoms with Gasteiger partial charge in [0.25, 0.3) is 0 Å². The van der Waals surface area contributed by atoms with Crippen molar-refractivity contribution in [1.29, 1.82) is 0 Å². The zero-order valence-electron chi connectivity index (χ0n) is 6.66. The van der Waals surface area contributed by atoms with Crippen LogP contribution in [0.4, 0.5) is 4.79 Å². The lowest BCUT2D eigenvalue weighted by molar-refractivity contribution is 0.107. The predicted octanol–water partition coefficient (Wildman–Crippen LogP) is 0.476. The lowest BCUT2D eigenvalue weighted by Gasteiger charge is -2.34. The minimum atomic E-state index is -0.829. The van der Waals surface area contributed by atoms with Gasteiger partial charge in [0, 0.05) is 18.6 Å². The van der Waals surface area contributed by atoms with Crippen molar-refractivity contribution in [3.8, 4) is 0 Å². The Morgan fingerprint density at radius 1 is 1.73 bits per heavy atom. The Balaban J connectivity index is 2.50. The topological polar surface area (TPSA) is 66.6 Å². The maximum Gasteiger partial charge on any atom is 0.407 e. The van der Waals surface area contributed by atoms with Gasteiger partial charge in [-0.05, 0) is 19.8 Å². The number of nitrogens with zero attached hydrogens (tertiary/aromatic N) is 1. The summed E-state index contributed by atoms with van der Waals surface area (Å²) in [4.78, 5) is 12.0. The van der Waals surface area contributed by atoms with Crippen LogP contribution in [0, 0.1) is 0 Å². The van der Waals surface area contributed by atoms with Crippen molar-refractivity contribution in [1.82, 2.24) is 4.90 Å². The second-order valence-electron chi connectivity index (χ2n) is 3.11. The molecule has 0 saturated carbocycles. The number of nitrogens with two attached hydrogens (primary N) is 1. The lowest BCUT2D eigenvalue weighted by Crippen LogP contribution is -2.47. The second-order valence-corrected chi connectivity index (χ2v) is 3.11. The van der Waals surface area contributed by atoms with Crippen molar-refractivity contribution in [2.75, 3.05) is 6.54 Å². The van der Waals surface area contributed by atoms with Crippen LogP contribution in [-0.2, 0) is 0 Å². The van der Waals surface area contributed by atoms with E-state index in [-0.39, 0.29) is 12.1 Å². The van der Waals surface area contributed by atoms with Crippen LogP contribution in [0.5, 0.6) is 0 Å². The Hall–Kier alpha value is -0.770. The molecule has 0 bridgehead atoms. The highest BCUT2D eigenvalue weighted by Crippen LogP contribution is 2.15. The normalized spacial score (nSPS) is 32.0. The molecule has 1 aliphatic heterocycles. The van der Waals surface area contributed by atoms with Gasteiger partial charge in [-0.1, -0.05) is 0 Å². The number of carboxylic acid groups (broad SMARTS) is 1. The summed E-state index contributed by atoms with van der Waals surface area (Å²) in [5.74, 6) is 0. The fraction of sp³-hybridized carbons (Fsp3) is 0.857. The van der Waals surface area contributed by atoms with Crippen LogP contribution in [0.25, 0.3) is 0 Å². The molecule has 1 rings (SSSR count). The highest BCUT2D eigenvalue weighted by molar-refractivity contribution is 5.65. The molecule has 0 aromatic heterocycles. The van der Waals surface area contributed by atoms with Crippen molar-refractivity contribution in [2.24, 2.45) is 5.73 Å². The van der Waals surface area contributed by atoms with Gasteiger partial charge in [0.1, 0.15) is 0 Å². The molecule has 0 spiro atoms. The molecule has 1 amide bonds. The molecule has 0 aromatic rings. The van der Waals surface area contributed by atoms with Gasteiger partial charge in [0.15, 0.2) is 0 Å². The third-order valence-electron chi connectivity index (χ3n) is 2.16. The number of rotatable bonds is 0. The Kier molecular flexibility index (Phi) is 2.34. The Morgan fingerprint density at radius 2 is 2.36 bits per heavy atom. The first-order chi connectivity index (χ1) is 5.11. The van der Waals surface area contributed by atoms with Crippen molar-refractivity contribution >= 4 is 6.09 Å². The summed E-state index contributed by atoms with van der Waals surface area (Å²) < 4.78 is 0. The molecule has 2 atom stereocenters. The summed E-state index contributed by atoms with van der Waals surface area (Å²) in [7, 11) is 0. The number of hydrogen-bond acceptors (Lipinski definition) is 2. The molecule has 2 unspecified atom stereocenters. The standard InChI is InChI=1S/C7H14N2O2/c1-5-4-6(8)2-3-9(5)7(10)11/h5-6H,2-4,8H2,1H3,(H,10,11). The third-order valence-corrected chi connectivity index (χ3v) is 2.16. The van der Waals surface area contributed by atoms with Crippen molar-refractivity contribution < 1.29 is 9.90 Å². The highest BCUT2D eigenvalue weighted by atomic mass is 16.4. The molecule has 1 aliphatic rings. The monoisotopic (exact) mass is 158 g/mol. The molecule has 0 aromatic carbocycles. The summed E-state index contributed by atoms with van der Waals surface area (Å²) in [6.07, 6.45) is 0.743. The number of likely N-dealkylation sites (tertiary alicyclic amines) is 1. The van der Waals surface area contributed by atoms with Gasteiger partial charge in [-0.15, -0.1) is 0 Å². The molecular formula is C7H14N2O2. The number of amides is 1. The molecule has 11 heavy (non-hydrogen) atoms. The fourth-order valence-corrected chi connectivity index (χ4v) is 1.49. The first-order valence-corrected chi connectivity index (χ1v) is 3.86. The van der Waals surface area contributed by atoms with Crippen LogP contribution < -0.4 is 5.73 Å². The van der Waals surface area contributed by atoms with Gasteiger partial charge < -0.3 is 15.7 Å². The average Bonchev–Trinajstić information content (AvgIpc) is 1.85. The molecule has 4 nitrogen and oxygen atoms in total. The average molecular weight is 158 g/mol. The van der Waals surface area contributed by atoms with E-state index in [1.165, 1.54) is 4.90 Å². The lowest BCUT2D eigenvalue weighted by atomic mass is 10.00. The second kappa shape index (κ2) is 3.09. The van der Waals surface area contributed by atoms with E-state index in [1.54, 1.807) is 0 Å². The van der Waals surface area contributed by atoms with Crippen molar-refractivity contribution in [3.63, 3.8) is 0 Å². The first-order valence-electron chi connectivity index (χ1n) is 3.86. The summed E-state index contributed by atoms with van der Waals surface area (Å²) >= 11 is 0. The maximum absolute atomic E-state index is 10.6. The Labute approximate surface area is 66.0 Å². The summed E-state index contributed by atoms with van der Waals surface area (Å²) in [6.45, 7) is 2.48. The van der Waals surface area contributed by atoms with E-state index in [4.69, 9.17) is 10.8 Å². The van der Waals surface area contributed by atoms with Gasteiger partial charge in [-0.3, -0.25) is 0 Å². The van der Waals surface area contributed by atoms with E-state index < -0.39 is 6.09 Å². The molecular weight excluding hydrogens is 144 g/mol. The number of piperidine rings is 1. The van der Waals surface area contributed by atoms with E-state index in [0.29, 0.717) is 6.54 Å². The molecule has 4 heteroatoms. The zero-order chi connectivity index (χ0) is 8.43. The largest absolute Gasteiger partial charge is 0.465 e. The minimum absolute atomic E-state index is 0.0799. The Morgan fingerprint density at radius 3 is 2.82 bits per heavy atom. The molecule has 0 aliphatic carbocycles. The van der Waals surface area contributed by atoms with Crippen LogP contribution in [0.3, 0.4) is 0 Å². The number of hydrogen-bond donors (Lipinski definition) is 2. The summed E-state index contributed by atoms with van der Waals surface area (Å²) in [6, 6.07) is 0.261. The van der Waals surface area contributed by atoms with E-state index in [0.717, 1.165) is 12.8 Å². The highest BCUT2D eigenvalue weighted by Gasteiger charge is 2.26. The molecule has 64 valence electrons. The first kappa shape index (κ1) is 8.33. The van der Waals surface area contributed by atoms with Crippen LogP contribution in [0.2, 0.25) is 0 Å². The van der Waals surface area contributed by atoms with Crippen LogP contribution in [-0.4, -0.2) is 34.7 Å². The van der Waals surface area contributed by atoms with Crippen molar-refractivity contribution in [2.45, 2.75) is 31.8 Å². The summed E-state index contributed by atoms with van der Waals surface area (Å²) in [5.41, 5.74) is 5.67. The minimum Gasteiger partial charge on any atom is -0.465 e. The molecule has 1 fully saturated rings. The van der Waals surface area contributed by atoms with Gasteiger partial charge >= 0.3 is 6.09 Å². The quantitative estimate of drug-likeness (QED) is 0.538. The smallest absolute Gasteiger partial charge is 0.407 e. The maximum atomic E-state index is 10.6. The van der Waals surface area contributed by atoms with E-state index in [9.17, 15) is 4.79 Å². The van der Waals surface area contributed by atoms with E-state index in [2.05, 4.69) is 0 Å². The fourth-order valence-electron chi connectivity index (χ4n) is 1.49. The van der Waals surface area contributed by atoms with Crippen LogP contribution in [0.1, 0.15) is 19.8 Å². The molecule has 3 N–H and O–H groups in total. The van der Waals surface area contributed by atoms with Gasteiger partial charge in [0.2, 0.25) is 0 Å². The summed E-state index contributed by atoms with van der Waals surface area (Å²) in [5, 5.41) is 8.68. The third kappa shape index (κ3) is 1.83. The molecule has 1 saturated heterocycles. The van der Waals surface area contributed by atoms with E-state index >= 15 is 0 Å². The SMILES string of the molecule is CC1CC(N)CCN1C(=O)O. The van der Waals surface area contributed by atoms with Crippen LogP contribution in [0.15, 0.2) is 0 Å². The molecule has 1 heterocycles. The zero-order valence-corrected chi connectivity index (χ0v) is 6.66. The van der Waals surface area contributed by atoms with Gasteiger partial charge in [0.05, 0.1) is 0 Å². The Bertz CT molecular complexity index is 161. The number of carbonyl (C=O) groups is 1. The molecule has 0 radical (unpaired) electrons. The van der Waals surface area contributed by atoms with Crippen LogP contribution >= 0.6 is 0 Å². The van der Waals surface area contributed by atoms with Gasteiger partial charge in [-0.25, -0.2) is 4.79 Å².